The first kappa shape index (κ1) is 25.0. The molecule has 0 aliphatic rings. The van der Waals surface area contributed by atoms with Gasteiger partial charge in [0.25, 0.3) is 0 Å². The van der Waals surface area contributed by atoms with Gasteiger partial charge in [0.05, 0.1) is 5.56 Å². The van der Waals surface area contributed by atoms with Crippen molar-refractivity contribution in [1.82, 2.24) is 0 Å². The molecule has 0 unspecified atom stereocenters. The molecule has 0 atom stereocenters. The van der Waals surface area contributed by atoms with Crippen LogP contribution in [0.2, 0.25) is 6.55 Å². The second-order valence-electron chi connectivity index (χ2n) is 7.41. The summed E-state index contributed by atoms with van der Waals surface area (Å²) in [5.74, 6) is -0.877. The minimum atomic E-state index is -2.31. The highest BCUT2D eigenvalue weighted by atomic mass is 28.4. The Morgan fingerprint density at radius 1 is 0.774 bits per heavy atom. The minimum absolute atomic E-state index is 0.388. The molecule has 3 aromatic rings. The highest BCUT2D eigenvalue weighted by Gasteiger charge is 2.34. The maximum Gasteiger partial charge on any atom is 0.497 e. The lowest BCUT2D eigenvalue weighted by atomic mass is 9.97. The van der Waals surface area contributed by atoms with Gasteiger partial charge in [0.1, 0.15) is 0 Å². The molecule has 0 fully saturated rings. The molecule has 0 aliphatic heterocycles. The van der Waals surface area contributed by atoms with Crippen molar-refractivity contribution in [3.63, 3.8) is 0 Å². The zero-order valence-electron chi connectivity index (χ0n) is 19.0. The van der Waals surface area contributed by atoms with Crippen LogP contribution in [0.4, 0.5) is 0 Å². The minimum Gasteiger partial charge on any atom is -0.478 e. The lowest BCUT2D eigenvalue weighted by molar-refractivity contribution is 0.0657. The zero-order valence-corrected chi connectivity index (χ0v) is 20.0. The molecule has 0 aliphatic carbocycles. The standard InChI is InChI=1S/C15H10O2.C10H24O3Si/c16-15(17)14-12-7-3-1-5-10(12)9-11-6-2-4-8-13(11)14;1-5-8-11-14(4,12-9-6-2)13-10-7-3/h1-9H,(H,16,17);5-10H2,1-4H3. The Hall–Kier alpha value is -2.25. The first-order chi connectivity index (χ1) is 15.0. The van der Waals surface area contributed by atoms with Crippen LogP contribution in [0, 0.1) is 0 Å². The molecule has 0 bridgehead atoms. The molecule has 0 radical (unpaired) electrons. The van der Waals surface area contributed by atoms with E-state index >= 15 is 0 Å². The molecule has 31 heavy (non-hydrogen) atoms. The fourth-order valence-electron chi connectivity index (χ4n) is 3.23. The molecule has 168 valence electrons. The van der Waals surface area contributed by atoms with Gasteiger partial charge < -0.3 is 18.4 Å². The van der Waals surface area contributed by atoms with E-state index in [1.165, 1.54) is 0 Å². The normalized spacial score (nSPS) is 11.4. The maximum atomic E-state index is 11.4. The summed E-state index contributed by atoms with van der Waals surface area (Å²) in [5.41, 5.74) is 0.388. The first-order valence-corrected chi connectivity index (χ1v) is 13.2. The van der Waals surface area contributed by atoms with Crippen molar-refractivity contribution in [2.75, 3.05) is 19.8 Å². The molecule has 6 heteroatoms. The molecule has 0 saturated carbocycles. The molecule has 1 N–H and O–H groups in total. The van der Waals surface area contributed by atoms with E-state index in [2.05, 4.69) is 20.8 Å². The summed E-state index contributed by atoms with van der Waals surface area (Å²) in [5, 5.41) is 12.9. The number of aromatic carboxylic acids is 1. The quantitative estimate of drug-likeness (QED) is 0.286. The molecule has 0 saturated heterocycles. The third-order valence-electron chi connectivity index (χ3n) is 4.69. The van der Waals surface area contributed by atoms with Gasteiger partial charge in [0.15, 0.2) is 0 Å². The fourth-order valence-corrected chi connectivity index (χ4v) is 5.21. The second kappa shape index (κ2) is 12.6. The number of benzene rings is 3. The lowest BCUT2D eigenvalue weighted by Crippen LogP contribution is -2.43. The summed E-state index contributed by atoms with van der Waals surface area (Å²) < 4.78 is 17.0. The van der Waals surface area contributed by atoms with E-state index in [0.29, 0.717) is 5.56 Å². The summed E-state index contributed by atoms with van der Waals surface area (Å²) >= 11 is 0. The second-order valence-corrected chi connectivity index (χ2v) is 10.00. The molecule has 0 aromatic heterocycles. The van der Waals surface area contributed by atoms with E-state index in [1.54, 1.807) is 0 Å². The SMILES string of the molecule is CCCO[Si](C)(OCCC)OCCC.O=C(O)c1c2ccccc2cc2ccccc12. The van der Waals surface area contributed by atoms with Gasteiger partial charge in [0.2, 0.25) is 0 Å². The van der Waals surface area contributed by atoms with Crippen molar-refractivity contribution in [3.8, 4) is 0 Å². The Balaban J connectivity index is 0.000000226. The Bertz CT molecular complexity index is 897. The summed E-state index contributed by atoms with van der Waals surface area (Å²) in [6.07, 6.45) is 3.02. The number of carbonyl (C=O) groups is 1. The first-order valence-electron chi connectivity index (χ1n) is 11.0. The summed E-state index contributed by atoms with van der Waals surface area (Å²) in [6, 6.07) is 17.2. The largest absolute Gasteiger partial charge is 0.497 e. The Morgan fingerprint density at radius 2 is 1.16 bits per heavy atom. The van der Waals surface area contributed by atoms with Crippen LogP contribution in [-0.2, 0) is 13.3 Å². The van der Waals surface area contributed by atoms with Crippen molar-refractivity contribution in [2.24, 2.45) is 0 Å². The number of carboxylic acid groups (broad SMARTS) is 1. The highest BCUT2D eigenvalue weighted by Crippen LogP contribution is 2.28. The molecule has 0 spiro atoms. The van der Waals surface area contributed by atoms with Gasteiger partial charge in [-0.3, -0.25) is 0 Å². The van der Waals surface area contributed by atoms with Crippen LogP contribution in [0.15, 0.2) is 54.6 Å². The Morgan fingerprint density at radius 3 is 1.52 bits per heavy atom. The van der Waals surface area contributed by atoms with Crippen LogP contribution in [0.25, 0.3) is 21.5 Å². The van der Waals surface area contributed by atoms with Crippen molar-refractivity contribution in [3.05, 3.63) is 60.2 Å². The molecule has 3 rings (SSSR count). The molecule has 0 amide bonds. The van der Waals surface area contributed by atoms with E-state index in [1.807, 2.05) is 61.1 Å². The van der Waals surface area contributed by atoms with E-state index in [0.717, 1.165) is 60.6 Å². The van der Waals surface area contributed by atoms with Crippen LogP contribution in [0.1, 0.15) is 50.4 Å². The van der Waals surface area contributed by atoms with Gasteiger partial charge in [-0.05, 0) is 46.9 Å². The summed E-state index contributed by atoms with van der Waals surface area (Å²) in [6.45, 7) is 10.5. The van der Waals surface area contributed by atoms with Crippen LogP contribution < -0.4 is 0 Å². The third kappa shape index (κ3) is 7.14. The van der Waals surface area contributed by atoms with Gasteiger partial charge in [-0.15, -0.1) is 0 Å². The van der Waals surface area contributed by atoms with Crippen molar-refractivity contribution in [1.29, 1.82) is 0 Å². The monoisotopic (exact) mass is 442 g/mol. The molecule has 5 nitrogen and oxygen atoms in total. The van der Waals surface area contributed by atoms with Crippen LogP contribution >= 0.6 is 0 Å². The lowest BCUT2D eigenvalue weighted by Gasteiger charge is -2.25. The van der Waals surface area contributed by atoms with E-state index in [4.69, 9.17) is 13.3 Å². The number of rotatable bonds is 10. The Kier molecular flexibility index (Phi) is 10.1. The third-order valence-corrected chi connectivity index (χ3v) is 6.88. The van der Waals surface area contributed by atoms with Crippen molar-refractivity contribution < 1.29 is 23.2 Å². The van der Waals surface area contributed by atoms with Crippen LogP contribution in [0.5, 0.6) is 0 Å². The average molecular weight is 443 g/mol. The molecule has 3 aromatic carbocycles. The molecular weight excluding hydrogens is 408 g/mol. The number of carboxylic acids is 1. The van der Waals surface area contributed by atoms with E-state index in [-0.39, 0.29) is 0 Å². The summed E-state index contributed by atoms with van der Waals surface area (Å²) in [4.78, 5) is 11.4. The van der Waals surface area contributed by atoms with E-state index < -0.39 is 14.8 Å². The van der Waals surface area contributed by atoms with Gasteiger partial charge >= 0.3 is 14.8 Å². The number of fused-ring (bicyclic) bond motifs is 2. The predicted molar refractivity (Wildman–Crippen MR) is 129 cm³/mol. The topological polar surface area (TPSA) is 65.0 Å². The number of hydrogen-bond acceptors (Lipinski definition) is 4. The van der Waals surface area contributed by atoms with Gasteiger partial charge in [0, 0.05) is 26.4 Å². The zero-order chi connectivity index (χ0) is 22.7. The van der Waals surface area contributed by atoms with E-state index in [9.17, 15) is 9.90 Å². The fraction of sp³-hybridized carbons (Fsp3) is 0.400. The highest BCUT2D eigenvalue weighted by molar-refractivity contribution is 6.59. The van der Waals surface area contributed by atoms with Crippen molar-refractivity contribution in [2.45, 2.75) is 46.6 Å². The van der Waals surface area contributed by atoms with Crippen LogP contribution in [-0.4, -0.2) is 39.7 Å². The molecule has 0 heterocycles. The maximum absolute atomic E-state index is 11.4. The molecular formula is C25H34O5Si. The predicted octanol–water partition coefficient (Wildman–Crippen LogP) is 6.53. The summed E-state index contributed by atoms with van der Waals surface area (Å²) in [7, 11) is -2.31. The van der Waals surface area contributed by atoms with Gasteiger partial charge in [-0.2, -0.15) is 0 Å². The van der Waals surface area contributed by atoms with Gasteiger partial charge in [-0.25, -0.2) is 4.79 Å². The number of hydrogen-bond donors (Lipinski definition) is 1. The average Bonchev–Trinajstić information content (AvgIpc) is 2.79. The van der Waals surface area contributed by atoms with Gasteiger partial charge in [-0.1, -0.05) is 69.3 Å². The van der Waals surface area contributed by atoms with Crippen molar-refractivity contribution >= 4 is 36.3 Å². The Labute approximate surface area is 186 Å². The smallest absolute Gasteiger partial charge is 0.478 e. The van der Waals surface area contributed by atoms with Crippen LogP contribution in [0.3, 0.4) is 0 Å².